The lowest BCUT2D eigenvalue weighted by Crippen LogP contribution is -2.56. The number of rotatable bonds is 7. The number of ether oxygens (including phenoxy) is 2. The van der Waals surface area contributed by atoms with Crippen LogP contribution in [-0.2, 0) is 11.0 Å². The summed E-state index contributed by atoms with van der Waals surface area (Å²) in [6.07, 6.45) is -0.349. The van der Waals surface area contributed by atoms with E-state index < -0.39 is 11.7 Å². The lowest BCUT2D eigenvalue weighted by molar-refractivity contribution is -0.137. The third-order valence-corrected chi connectivity index (χ3v) is 7.22. The monoisotopic (exact) mass is 519 g/mol. The van der Waals surface area contributed by atoms with Gasteiger partial charge in [0, 0.05) is 43.5 Å². The summed E-state index contributed by atoms with van der Waals surface area (Å²) in [6.45, 7) is 1.80. The van der Waals surface area contributed by atoms with E-state index in [4.69, 9.17) is 9.47 Å². The van der Waals surface area contributed by atoms with E-state index in [9.17, 15) is 22.8 Å². The molecular weight excluding hydrogens is 487 g/mol. The summed E-state index contributed by atoms with van der Waals surface area (Å²) >= 11 is 0. The number of methoxy groups -OCH3 is 2. The second-order valence-electron chi connectivity index (χ2n) is 9.45. The fourth-order valence-corrected chi connectivity index (χ4v) is 5.27. The summed E-state index contributed by atoms with van der Waals surface area (Å²) in [6, 6.07) is 9.19. The first-order valence-electron chi connectivity index (χ1n) is 12.4. The minimum absolute atomic E-state index is 0.0957. The van der Waals surface area contributed by atoms with Crippen molar-refractivity contribution in [1.29, 1.82) is 0 Å². The Balaban J connectivity index is 1.42. The van der Waals surface area contributed by atoms with Crippen molar-refractivity contribution in [1.82, 2.24) is 9.80 Å². The predicted molar refractivity (Wildman–Crippen MR) is 133 cm³/mol. The molecule has 37 heavy (non-hydrogen) atoms. The summed E-state index contributed by atoms with van der Waals surface area (Å²) in [5, 5.41) is 3.03. The molecule has 4 rings (SSSR count). The number of alkyl halides is 3. The molecule has 1 N–H and O–H groups in total. The largest absolute Gasteiger partial charge is 0.493 e. The number of carbonyl (C=O) groups excluding carboxylic acids is 2. The van der Waals surface area contributed by atoms with Gasteiger partial charge in [0.1, 0.15) is 0 Å². The molecule has 2 amide bonds. The number of carbonyl (C=O) groups is 2. The molecule has 1 saturated carbocycles. The van der Waals surface area contributed by atoms with E-state index in [0.29, 0.717) is 43.4 Å². The highest BCUT2D eigenvalue weighted by molar-refractivity contribution is 5.96. The van der Waals surface area contributed by atoms with Crippen molar-refractivity contribution in [2.24, 2.45) is 5.92 Å². The molecule has 1 aliphatic heterocycles. The number of nitrogens with zero attached hydrogens (tertiary/aromatic N) is 2. The van der Waals surface area contributed by atoms with Gasteiger partial charge in [-0.2, -0.15) is 13.2 Å². The van der Waals surface area contributed by atoms with Gasteiger partial charge < -0.3 is 19.7 Å². The van der Waals surface area contributed by atoms with Crippen LogP contribution in [-0.4, -0.2) is 68.1 Å². The van der Waals surface area contributed by atoms with Gasteiger partial charge in [0.15, 0.2) is 11.5 Å². The Labute approximate surface area is 214 Å². The molecule has 2 aliphatic rings. The Hall–Kier alpha value is -3.27. The molecule has 0 aromatic heterocycles. The molecule has 0 spiro atoms. The van der Waals surface area contributed by atoms with Crippen molar-refractivity contribution >= 4 is 17.5 Å². The average Bonchev–Trinajstić information content (AvgIpc) is 3.42. The topological polar surface area (TPSA) is 71.1 Å². The Morgan fingerprint density at radius 2 is 1.54 bits per heavy atom. The smallest absolute Gasteiger partial charge is 0.416 e. The fraction of sp³-hybridized carbons (Fsp3) is 0.481. The van der Waals surface area contributed by atoms with Crippen LogP contribution in [0.5, 0.6) is 11.5 Å². The molecule has 1 saturated heterocycles. The summed E-state index contributed by atoms with van der Waals surface area (Å²) in [4.78, 5) is 30.2. The number of nitrogens with one attached hydrogen (secondary N) is 1. The summed E-state index contributed by atoms with van der Waals surface area (Å²) in [7, 11) is 3.09. The zero-order chi connectivity index (χ0) is 26.6. The van der Waals surface area contributed by atoms with Gasteiger partial charge in [0.25, 0.3) is 5.91 Å². The molecule has 2 aromatic carbocycles. The summed E-state index contributed by atoms with van der Waals surface area (Å²) in [5.74, 6) is 0.911. The third kappa shape index (κ3) is 6.18. The molecule has 7 nitrogen and oxygen atoms in total. The highest BCUT2D eigenvalue weighted by Crippen LogP contribution is 2.34. The van der Waals surface area contributed by atoms with E-state index in [0.717, 1.165) is 37.8 Å². The average molecular weight is 520 g/mol. The molecule has 2 aromatic rings. The van der Waals surface area contributed by atoms with Crippen molar-refractivity contribution in [3.05, 3.63) is 53.6 Å². The lowest BCUT2D eigenvalue weighted by Gasteiger charge is -2.40. The Morgan fingerprint density at radius 3 is 2.11 bits per heavy atom. The zero-order valence-electron chi connectivity index (χ0n) is 21.0. The minimum atomic E-state index is -4.44. The molecule has 10 heteroatoms. The van der Waals surface area contributed by atoms with Gasteiger partial charge in [-0.25, -0.2) is 0 Å². The highest BCUT2D eigenvalue weighted by atomic mass is 19.4. The Kier molecular flexibility index (Phi) is 8.26. The van der Waals surface area contributed by atoms with Gasteiger partial charge in [0.05, 0.1) is 25.8 Å². The van der Waals surface area contributed by atoms with E-state index in [-0.39, 0.29) is 29.3 Å². The van der Waals surface area contributed by atoms with Crippen LogP contribution in [0.25, 0.3) is 0 Å². The van der Waals surface area contributed by atoms with Crippen LogP contribution in [0.1, 0.15) is 41.6 Å². The first-order valence-corrected chi connectivity index (χ1v) is 12.4. The normalized spacial score (nSPS) is 17.9. The van der Waals surface area contributed by atoms with Gasteiger partial charge in [0.2, 0.25) is 5.91 Å². The standard InChI is InChI=1S/C27H32F3N3O4/c1-36-22-12-11-21(17-23(22)37-2)31-25(34)24(18-5-3-4-6-18)32-13-15-33(16-14-32)26(35)19-7-9-20(10-8-19)27(28,29)30/h7-12,17-18,24H,3-6,13-16H2,1-2H3,(H,31,34). The van der Waals surface area contributed by atoms with Crippen molar-refractivity contribution < 1.29 is 32.2 Å². The Morgan fingerprint density at radius 1 is 0.919 bits per heavy atom. The number of halogens is 3. The van der Waals surface area contributed by atoms with Crippen molar-refractivity contribution in [2.45, 2.75) is 37.9 Å². The fourth-order valence-electron chi connectivity index (χ4n) is 5.27. The second-order valence-corrected chi connectivity index (χ2v) is 9.45. The number of piperazine rings is 1. The van der Waals surface area contributed by atoms with Gasteiger partial charge in [-0.1, -0.05) is 12.8 Å². The van der Waals surface area contributed by atoms with E-state index in [1.807, 2.05) is 0 Å². The maximum Gasteiger partial charge on any atom is 0.416 e. The Bertz CT molecular complexity index is 1090. The molecule has 1 heterocycles. The maximum absolute atomic E-state index is 13.5. The van der Waals surface area contributed by atoms with E-state index in [1.165, 1.54) is 19.2 Å². The molecule has 1 aliphatic carbocycles. The molecule has 1 unspecified atom stereocenters. The van der Waals surface area contributed by atoms with Crippen molar-refractivity contribution in [3.63, 3.8) is 0 Å². The van der Waals surface area contributed by atoms with E-state index in [2.05, 4.69) is 10.2 Å². The lowest BCUT2D eigenvalue weighted by atomic mass is 9.94. The first kappa shape index (κ1) is 26.8. The van der Waals surface area contributed by atoms with Crippen LogP contribution in [0.4, 0.5) is 18.9 Å². The number of hydrogen-bond donors (Lipinski definition) is 1. The van der Waals surface area contributed by atoms with Crippen molar-refractivity contribution in [3.8, 4) is 11.5 Å². The van der Waals surface area contributed by atoms with Crippen LogP contribution in [0.3, 0.4) is 0 Å². The van der Waals surface area contributed by atoms with Gasteiger partial charge in [-0.3, -0.25) is 14.5 Å². The molecule has 0 radical (unpaired) electrons. The number of amides is 2. The van der Waals surface area contributed by atoms with Crippen LogP contribution in [0, 0.1) is 5.92 Å². The number of anilines is 1. The molecule has 200 valence electrons. The molecule has 1 atom stereocenters. The van der Waals surface area contributed by atoms with Crippen LogP contribution >= 0.6 is 0 Å². The highest BCUT2D eigenvalue weighted by Gasteiger charge is 2.38. The quantitative estimate of drug-likeness (QED) is 0.576. The zero-order valence-corrected chi connectivity index (χ0v) is 21.0. The van der Waals surface area contributed by atoms with Crippen LogP contribution < -0.4 is 14.8 Å². The van der Waals surface area contributed by atoms with E-state index in [1.54, 1.807) is 30.2 Å². The third-order valence-electron chi connectivity index (χ3n) is 7.22. The van der Waals surface area contributed by atoms with Gasteiger partial charge >= 0.3 is 6.18 Å². The SMILES string of the molecule is COc1ccc(NC(=O)C(C2CCCC2)N2CCN(C(=O)c3ccc(C(F)(F)F)cc3)CC2)cc1OC. The molecule has 2 fully saturated rings. The van der Waals surface area contributed by atoms with E-state index >= 15 is 0 Å². The molecular formula is C27H32F3N3O4. The molecule has 0 bridgehead atoms. The maximum atomic E-state index is 13.5. The van der Waals surface area contributed by atoms with Gasteiger partial charge in [-0.15, -0.1) is 0 Å². The van der Waals surface area contributed by atoms with Crippen LogP contribution in [0.15, 0.2) is 42.5 Å². The summed E-state index contributed by atoms with van der Waals surface area (Å²) in [5.41, 5.74) is 0.0514. The van der Waals surface area contributed by atoms with Gasteiger partial charge in [-0.05, 0) is 55.2 Å². The van der Waals surface area contributed by atoms with Crippen LogP contribution in [0.2, 0.25) is 0 Å². The minimum Gasteiger partial charge on any atom is -0.493 e. The first-order chi connectivity index (χ1) is 17.7. The number of hydrogen-bond acceptors (Lipinski definition) is 5. The summed E-state index contributed by atoms with van der Waals surface area (Å²) < 4.78 is 49.2. The predicted octanol–water partition coefficient (Wildman–Crippen LogP) is 4.68. The number of benzene rings is 2. The van der Waals surface area contributed by atoms with Crippen molar-refractivity contribution in [2.75, 3.05) is 45.7 Å². The second kappa shape index (κ2) is 11.4.